The number of ether oxygens (including phenoxy) is 8. The lowest BCUT2D eigenvalue weighted by atomic mass is 9.69. The maximum Gasteiger partial charge on any atom is 0.311 e. The van der Waals surface area contributed by atoms with Crippen LogP contribution in [0.15, 0.2) is 42.5 Å². The van der Waals surface area contributed by atoms with Crippen LogP contribution in [0.2, 0.25) is 0 Å². The molecule has 62 heavy (non-hydrogen) atoms. The van der Waals surface area contributed by atoms with Crippen LogP contribution in [0.3, 0.4) is 0 Å². The Morgan fingerprint density at radius 3 is 2.24 bits per heavy atom. The number of hydrogen-bond acceptors (Lipinski definition) is 13. The summed E-state index contributed by atoms with van der Waals surface area (Å²) in [5.41, 5.74) is -1.78. The molecule has 18 atom stereocenters. The quantitative estimate of drug-likeness (QED) is 0.177. The normalized spacial score (nSPS) is 43.6. The molecule has 0 aromatic heterocycles. The third-order valence-electron chi connectivity index (χ3n) is 14.3. The predicted molar refractivity (Wildman–Crippen MR) is 234 cm³/mol. The van der Waals surface area contributed by atoms with Gasteiger partial charge in [0.2, 0.25) is 0 Å². The molecule has 4 aliphatic rings. The molecule has 4 heterocycles. The Morgan fingerprint density at radius 2 is 1.61 bits per heavy atom. The lowest BCUT2D eigenvalue weighted by Crippen LogP contribution is -2.61. The van der Waals surface area contributed by atoms with E-state index in [2.05, 4.69) is 18.4 Å². The number of fused-ring (bicyclic) bond motifs is 1. The van der Waals surface area contributed by atoms with Crippen molar-refractivity contribution in [2.24, 2.45) is 29.6 Å². The Bertz CT molecular complexity index is 1750. The molecule has 5 rings (SSSR count). The Balaban J connectivity index is 1.68. The number of cyclic esters (lactones) is 1. The lowest BCUT2D eigenvalue weighted by Gasteiger charge is -2.50. The van der Waals surface area contributed by atoms with Gasteiger partial charge >= 0.3 is 5.97 Å². The average Bonchev–Trinajstić information content (AvgIpc) is 3.54. The average molecular weight is 870 g/mol. The van der Waals surface area contributed by atoms with E-state index in [4.69, 9.17) is 37.9 Å². The fraction of sp³-hybridized carbons (Fsp3) is 0.755. The molecule has 0 bridgehead atoms. The number of nitrogens with zero attached hydrogens (tertiary/aromatic N) is 1. The van der Waals surface area contributed by atoms with Gasteiger partial charge in [0, 0.05) is 48.8 Å². The van der Waals surface area contributed by atoms with Crippen molar-refractivity contribution in [2.75, 3.05) is 34.4 Å². The third kappa shape index (κ3) is 10.7. The standard InChI is InChI=1S/C49H75NO12/c1-15-37-49(11)39(29(3)27-57-49)31(5)40(51)28(2)25-48(10,56-23-19-22-35-20-17-16-18-21-35)44(62-46-41(52)36(50(12)13)24-30(4)58-46)32(6)42(33(7)45(54)60-37)61-38-26-47(9,55-14)43(53)34(8)59-38/h16-18,20-21,28,30-34,36-39,41-44,46,52-53H,3,15,23-27H2,1-2,4-14H3/t28?,30-,31?,32-,33+,34-,36?,37?,38?,39?,41-,42?,43?,44+,46+,47?,48?,49+/m0/s1. The molecule has 0 radical (unpaired) electrons. The van der Waals surface area contributed by atoms with Crippen LogP contribution in [0, 0.1) is 41.4 Å². The number of benzene rings is 1. The molecule has 348 valence electrons. The van der Waals surface area contributed by atoms with Crippen LogP contribution in [0.5, 0.6) is 0 Å². The number of carbonyl (C=O) groups is 2. The van der Waals surface area contributed by atoms with Crippen molar-refractivity contribution in [1.29, 1.82) is 0 Å². The Kier molecular flexibility index (Phi) is 16.7. The maximum atomic E-state index is 14.9. The van der Waals surface area contributed by atoms with Crippen molar-refractivity contribution >= 4 is 11.8 Å². The van der Waals surface area contributed by atoms with Crippen LogP contribution in [0.25, 0.3) is 0 Å². The second-order valence-electron chi connectivity index (χ2n) is 19.3. The zero-order valence-electron chi connectivity index (χ0n) is 39.4. The van der Waals surface area contributed by atoms with Gasteiger partial charge in [-0.25, -0.2) is 0 Å². The van der Waals surface area contributed by atoms with Crippen LogP contribution in [-0.2, 0) is 47.5 Å². The Morgan fingerprint density at radius 1 is 0.935 bits per heavy atom. The minimum atomic E-state index is -1.30. The SMILES string of the molecule is C=C1CO[C@]2(C)C(CC)OC(=O)[C@H](C)C(OC3CC(C)(OC)C(O)[C@H](C)O3)[C@H](C)[C@@H](O[C@H]3O[C@@H](C)CC(N(C)C)[C@@H]3O)C(C)(OCC#Cc3ccccc3)CC(C)C(=O)C(C)C12. The highest BCUT2D eigenvalue weighted by molar-refractivity contribution is 5.84. The summed E-state index contributed by atoms with van der Waals surface area (Å²) in [6.07, 6.45) is -6.35. The lowest BCUT2D eigenvalue weighted by molar-refractivity contribution is -0.320. The largest absolute Gasteiger partial charge is 0.459 e. The molecule has 0 spiro atoms. The van der Waals surface area contributed by atoms with Crippen LogP contribution < -0.4 is 0 Å². The monoisotopic (exact) mass is 870 g/mol. The number of rotatable bonds is 9. The number of esters is 1. The minimum absolute atomic E-state index is 0.0267. The van der Waals surface area contributed by atoms with E-state index < -0.39 is 102 Å². The summed E-state index contributed by atoms with van der Waals surface area (Å²) in [6, 6.07) is 9.29. The van der Waals surface area contributed by atoms with Crippen LogP contribution >= 0.6 is 0 Å². The second kappa shape index (κ2) is 20.6. The molecule has 4 saturated heterocycles. The van der Waals surface area contributed by atoms with Gasteiger partial charge in [-0.05, 0) is 92.6 Å². The molecular formula is C49H75NO12. The molecule has 0 amide bonds. The highest BCUT2D eigenvalue weighted by Crippen LogP contribution is 2.47. The summed E-state index contributed by atoms with van der Waals surface area (Å²) >= 11 is 0. The fourth-order valence-electron chi connectivity index (χ4n) is 10.7. The molecule has 4 fully saturated rings. The number of Topliss-reactive ketones (excluding diaryl/α,β-unsaturated/α-hetero) is 1. The number of aliphatic hydroxyl groups is 2. The number of carbonyl (C=O) groups excluding carboxylic acids is 2. The van der Waals surface area contributed by atoms with Gasteiger partial charge in [0.05, 0.1) is 48.1 Å². The maximum absolute atomic E-state index is 14.9. The Hall–Kier alpha value is -2.74. The van der Waals surface area contributed by atoms with Crippen LogP contribution in [0.1, 0.15) is 100 Å². The molecular weight excluding hydrogens is 795 g/mol. The van der Waals surface area contributed by atoms with E-state index in [9.17, 15) is 19.8 Å². The summed E-state index contributed by atoms with van der Waals surface area (Å²) in [4.78, 5) is 31.6. The molecule has 0 aliphatic carbocycles. The van der Waals surface area contributed by atoms with Gasteiger partial charge in [0.25, 0.3) is 0 Å². The molecule has 13 nitrogen and oxygen atoms in total. The van der Waals surface area contributed by atoms with Gasteiger partial charge in [-0.1, -0.05) is 64.3 Å². The fourth-order valence-corrected chi connectivity index (χ4v) is 10.7. The summed E-state index contributed by atoms with van der Waals surface area (Å²) < 4.78 is 52.5. The molecule has 2 N–H and O–H groups in total. The van der Waals surface area contributed by atoms with Gasteiger partial charge in [-0.2, -0.15) is 0 Å². The van der Waals surface area contributed by atoms with E-state index in [0.29, 0.717) is 12.8 Å². The first-order chi connectivity index (χ1) is 29.1. The van der Waals surface area contributed by atoms with Gasteiger partial charge in [0.1, 0.15) is 36.3 Å². The van der Waals surface area contributed by atoms with E-state index in [1.807, 2.05) is 97.8 Å². The van der Waals surface area contributed by atoms with Crippen LogP contribution in [-0.4, -0.2) is 139 Å². The summed E-state index contributed by atoms with van der Waals surface area (Å²) in [6.45, 7) is 23.3. The first-order valence-corrected chi connectivity index (χ1v) is 22.5. The molecule has 13 heteroatoms. The highest BCUT2D eigenvalue weighted by atomic mass is 16.7. The number of ketones is 1. The van der Waals surface area contributed by atoms with E-state index in [1.54, 1.807) is 20.8 Å². The van der Waals surface area contributed by atoms with Gasteiger partial charge in [0.15, 0.2) is 12.6 Å². The summed E-state index contributed by atoms with van der Waals surface area (Å²) in [5.74, 6) is 2.57. The molecule has 1 aromatic rings. The second-order valence-corrected chi connectivity index (χ2v) is 19.3. The number of aliphatic hydroxyl groups excluding tert-OH is 2. The summed E-state index contributed by atoms with van der Waals surface area (Å²) in [5, 5.41) is 23.0. The molecule has 4 aliphatic heterocycles. The first-order valence-electron chi connectivity index (χ1n) is 22.5. The van der Waals surface area contributed by atoms with E-state index in [0.717, 1.165) is 11.1 Å². The molecule has 10 unspecified atom stereocenters. The van der Waals surface area contributed by atoms with E-state index in [-0.39, 0.29) is 44.0 Å². The highest BCUT2D eigenvalue weighted by Gasteiger charge is 2.57. The minimum Gasteiger partial charge on any atom is -0.459 e. The molecule has 0 saturated carbocycles. The number of hydrogen-bond donors (Lipinski definition) is 2. The predicted octanol–water partition coefficient (Wildman–Crippen LogP) is 5.71. The zero-order chi connectivity index (χ0) is 45.9. The number of likely N-dealkylation sites (N-methyl/N-ethyl adjacent to an activating group) is 1. The third-order valence-corrected chi connectivity index (χ3v) is 14.3. The topological polar surface area (TPSA) is 152 Å². The first kappa shape index (κ1) is 50.3. The van der Waals surface area contributed by atoms with Crippen molar-refractivity contribution in [3.8, 4) is 11.8 Å². The summed E-state index contributed by atoms with van der Waals surface area (Å²) in [7, 11) is 5.35. The molecule has 1 aromatic carbocycles. The zero-order valence-corrected chi connectivity index (χ0v) is 39.4. The number of methoxy groups -OCH3 is 1. The van der Waals surface area contributed by atoms with Gasteiger partial charge in [-0.15, -0.1) is 0 Å². The van der Waals surface area contributed by atoms with E-state index in [1.165, 1.54) is 7.11 Å². The van der Waals surface area contributed by atoms with Crippen LogP contribution in [0.4, 0.5) is 0 Å². The Labute approximate surface area is 370 Å². The van der Waals surface area contributed by atoms with Gasteiger partial charge in [-0.3, -0.25) is 9.59 Å². The van der Waals surface area contributed by atoms with Crippen molar-refractivity contribution in [3.05, 3.63) is 48.0 Å². The van der Waals surface area contributed by atoms with Crippen molar-refractivity contribution in [3.63, 3.8) is 0 Å². The van der Waals surface area contributed by atoms with Crippen molar-refractivity contribution < 1.29 is 57.7 Å². The van der Waals surface area contributed by atoms with E-state index >= 15 is 0 Å². The van der Waals surface area contributed by atoms with Crippen molar-refractivity contribution in [1.82, 2.24) is 4.90 Å². The smallest absolute Gasteiger partial charge is 0.311 e. The van der Waals surface area contributed by atoms with Crippen molar-refractivity contribution in [2.45, 2.75) is 173 Å². The van der Waals surface area contributed by atoms with Gasteiger partial charge < -0.3 is 53.0 Å².